The van der Waals surface area contributed by atoms with E-state index in [2.05, 4.69) is 101 Å². The number of aryl methyl sites for hydroxylation is 1. The van der Waals surface area contributed by atoms with Crippen LogP contribution in [0.25, 0.3) is 0 Å². The van der Waals surface area contributed by atoms with Crippen molar-refractivity contribution in [2.45, 2.75) is 32.5 Å². The highest BCUT2D eigenvalue weighted by atomic mass is 31.1. The summed E-state index contributed by atoms with van der Waals surface area (Å²) < 4.78 is 6.26. The van der Waals surface area contributed by atoms with E-state index in [1.54, 1.807) is 0 Å². The SMILES string of the molecule is Cc1cccc(P(C)C)c1PC(C)(C)c1ccccc1OCc1ccccc1. The molecule has 1 atom stereocenters. The third-order valence-electron chi connectivity index (χ3n) is 4.97. The highest BCUT2D eigenvalue weighted by Crippen LogP contribution is 2.45. The van der Waals surface area contributed by atoms with Gasteiger partial charge in [0.15, 0.2) is 0 Å². The lowest BCUT2D eigenvalue weighted by Crippen LogP contribution is -2.26. The Morgan fingerprint density at radius 1 is 0.857 bits per heavy atom. The Kier molecular flexibility index (Phi) is 6.92. The zero-order chi connectivity index (χ0) is 20.1. The van der Waals surface area contributed by atoms with E-state index >= 15 is 0 Å². The Morgan fingerprint density at radius 2 is 1.54 bits per heavy atom. The first-order chi connectivity index (χ1) is 13.4. The van der Waals surface area contributed by atoms with Crippen LogP contribution in [0.4, 0.5) is 0 Å². The minimum atomic E-state index is -0.123. The smallest absolute Gasteiger partial charge is 0.123 e. The molecule has 3 rings (SSSR count). The normalized spacial score (nSPS) is 12.1. The molecule has 3 aromatic rings. The number of rotatable bonds is 7. The predicted octanol–water partition coefficient (Wildman–Crippen LogP) is 6.18. The van der Waals surface area contributed by atoms with Crippen molar-refractivity contribution in [3.8, 4) is 5.75 Å². The Balaban J connectivity index is 1.89. The number of ether oxygens (including phenoxy) is 1. The van der Waals surface area contributed by atoms with Crippen molar-refractivity contribution in [2.24, 2.45) is 0 Å². The molecule has 0 bridgehead atoms. The fourth-order valence-corrected chi connectivity index (χ4v) is 6.72. The van der Waals surface area contributed by atoms with Gasteiger partial charge < -0.3 is 4.74 Å². The highest BCUT2D eigenvalue weighted by molar-refractivity contribution is 7.66. The molecule has 0 aliphatic carbocycles. The van der Waals surface area contributed by atoms with Crippen LogP contribution in [0.1, 0.15) is 30.5 Å². The second-order valence-corrected chi connectivity index (χ2v) is 12.2. The summed E-state index contributed by atoms with van der Waals surface area (Å²) in [6, 6.07) is 25.7. The average molecular weight is 408 g/mol. The number of hydrogen-bond acceptors (Lipinski definition) is 1. The fraction of sp³-hybridized carbons (Fsp3) is 0.280. The Labute approximate surface area is 173 Å². The molecule has 3 aromatic carbocycles. The van der Waals surface area contributed by atoms with Crippen LogP contribution in [0.2, 0.25) is 0 Å². The first-order valence-corrected chi connectivity index (χ1v) is 12.9. The molecule has 0 radical (unpaired) electrons. The minimum Gasteiger partial charge on any atom is -0.489 e. The molecule has 0 amide bonds. The first-order valence-electron chi connectivity index (χ1n) is 9.70. The predicted molar refractivity (Wildman–Crippen MR) is 128 cm³/mol. The maximum Gasteiger partial charge on any atom is 0.123 e. The van der Waals surface area contributed by atoms with Gasteiger partial charge in [-0.25, -0.2) is 0 Å². The van der Waals surface area contributed by atoms with E-state index in [-0.39, 0.29) is 13.1 Å². The summed E-state index contributed by atoms with van der Waals surface area (Å²) in [5.41, 5.74) is 3.89. The van der Waals surface area contributed by atoms with Crippen molar-refractivity contribution in [3.63, 3.8) is 0 Å². The Hall–Kier alpha value is -1.68. The van der Waals surface area contributed by atoms with Crippen LogP contribution in [0.15, 0.2) is 72.8 Å². The maximum atomic E-state index is 6.26. The van der Waals surface area contributed by atoms with E-state index in [9.17, 15) is 0 Å². The molecule has 0 saturated heterocycles. The van der Waals surface area contributed by atoms with Gasteiger partial charge in [0, 0.05) is 10.7 Å². The molecule has 0 spiro atoms. The molecular formula is C25H30OP2. The van der Waals surface area contributed by atoms with Gasteiger partial charge in [0.1, 0.15) is 12.4 Å². The van der Waals surface area contributed by atoms with Gasteiger partial charge in [-0.1, -0.05) is 97.1 Å². The molecule has 3 heteroatoms. The molecule has 1 nitrogen and oxygen atoms in total. The molecule has 0 heterocycles. The van der Waals surface area contributed by atoms with Gasteiger partial charge in [-0.05, 0) is 48.1 Å². The molecule has 0 N–H and O–H groups in total. The standard InChI is InChI=1S/C25H30OP2/c1-19-12-11-17-23(28(4)5)24(19)27-25(2,3)21-15-9-10-16-22(21)26-18-20-13-7-6-8-14-20/h6-17,27H,18H2,1-5H3. The second-order valence-electron chi connectivity index (χ2n) is 7.88. The summed E-state index contributed by atoms with van der Waals surface area (Å²) in [6.45, 7) is 12.2. The topological polar surface area (TPSA) is 9.23 Å². The van der Waals surface area contributed by atoms with Crippen molar-refractivity contribution in [1.82, 2.24) is 0 Å². The first kappa shape index (κ1) is 21.0. The lowest BCUT2D eigenvalue weighted by atomic mass is 10.0. The lowest BCUT2D eigenvalue weighted by molar-refractivity contribution is 0.301. The Bertz CT molecular complexity index is 917. The largest absolute Gasteiger partial charge is 0.489 e. The molecule has 1 unspecified atom stereocenters. The van der Waals surface area contributed by atoms with Crippen molar-refractivity contribution < 1.29 is 4.74 Å². The Morgan fingerprint density at radius 3 is 2.25 bits per heavy atom. The molecular weight excluding hydrogens is 378 g/mol. The molecule has 0 aliphatic heterocycles. The van der Waals surface area contributed by atoms with Crippen LogP contribution in [0.3, 0.4) is 0 Å². The number of hydrogen-bond donors (Lipinski definition) is 0. The van der Waals surface area contributed by atoms with Crippen molar-refractivity contribution in [1.29, 1.82) is 0 Å². The lowest BCUT2D eigenvalue weighted by Gasteiger charge is -2.30. The van der Waals surface area contributed by atoms with Gasteiger partial charge >= 0.3 is 0 Å². The molecule has 0 fully saturated rings. The van der Waals surface area contributed by atoms with E-state index in [0.29, 0.717) is 15.2 Å². The second kappa shape index (κ2) is 9.21. The highest BCUT2D eigenvalue weighted by Gasteiger charge is 2.27. The molecule has 0 aliphatic rings. The van der Waals surface area contributed by atoms with Gasteiger partial charge in [0.05, 0.1) is 0 Å². The van der Waals surface area contributed by atoms with Crippen LogP contribution in [0.5, 0.6) is 5.75 Å². The van der Waals surface area contributed by atoms with Crippen LogP contribution < -0.4 is 15.3 Å². The summed E-state index contributed by atoms with van der Waals surface area (Å²) in [6.07, 6.45) is 0. The number of para-hydroxylation sites is 1. The minimum absolute atomic E-state index is 0.0134. The van der Waals surface area contributed by atoms with Gasteiger partial charge in [0.25, 0.3) is 0 Å². The molecule has 0 aromatic heterocycles. The zero-order valence-corrected chi connectivity index (χ0v) is 19.4. The maximum absolute atomic E-state index is 6.26. The summed E-state index contributed by atoms with van der Waals surface area (Å²) in [5, 5.41) is 3.07. The van der Waals surface area contributed by atoms with Crippen molar-refractivity contribution in [3.05, 3.63) is 89.5 Å². The van der Waals surface area contributed by atoms with Crippen LogP contribution in [0, 0.1) is 6.92 Å². The fourth-order valence-electron chi connectivity index (χ4n) is 3.41. The van der Waals surface area contributed by atoms with Crippen molar-refractivity contribution in [2.75, 3.05) is 13.3 Å². The van der Waals surface area contributed by atoms with Gasteiger partial charge in [-0.3, -0.25) is 0 Å². The summed E-state index contributed by atoms with van der Waals surface area (Å²) in [7, 11) is 0.579. The third-order valence-corrected chi connectivity index (χ3v) is 8.32. The molecule has 0 saturated carbocycles. The van der Waals surface area contributed by atoms with Gasteiger partial charge in [0.2, 0.25) is 0 Å². The van der Waals surface area contributed by atoms with Gasteiger partial charge in [-0.2, -0.15) is 0 Å². The summed E-state index contributed by atoms with van der Waals surface area (Å²) >= 11 is 0. The zero-order valence-electron chi connectivity index (χ0n) is 17.5. The van der Waals surface area contributed by atoms with Crippen LogP contribution in [-0.4, -0.2) is 13.3 Å². The summed E-state index contributed by atoms with van der Waals surface area (Å²) in [4.78, 5) is 0. The molecule has 28 heavy (non-hydrogen) atoms. The van der Waals surface area contributed by atoms with E-state index in [0.717, 1.165) is 5.75 Å². The monoisotopic (exact) mass is 408 g/mol. The third kappa shape index (κ3) is 5.02. The van der Waals surface area contributed by atoms with Crippen LogP contribution >= 0.6 is 16.5 Å². The quantitative estimate of drug-likeness (QED) is 0.424. The number of benzene rings is 3. The average Bonchev–Trinajstić information content (AvgIpc) is 2.68. The molecule has 146 valence electrons. The van der Waals surface area contributed by atoms with Crippen LogP contribution in [-0.2, 0) is 11.8 Å². The summed E-state index contributed by atoms with van der Waals surface area (Å²) in [5.74, 6) is 0.995. The van der Waals surface area contributed by atoms with E-state index < -0.39 is 0 Å². The van der Waals surface area contributed by atoms with E-state index in [1.807, 2.05) is 6.07 Å². The van der Waals surface area contributed by atoms with E-state index in [4.69, 9.17) is 4.74 Å². The van der Waals surface area contributed by atoms with Crippen molar-refractivity contribution >= 4 is 27.1 Å². The van der Waals surface area contributed by atoms with Gasteiger partial charge in [-0.15, -0.1) is 0 Å². The van der Waals surface area contributed by atoms with E-state index in [1.165, 1.54) is 27.3 Å².